The lowest BCUT2D eigenvalue weighted by atomic mass is 9.33. The molecule has 0 aromatic carbocycles. The fourth-order valence-electron chi connectivity index (χ4n) is 11.2. The Bertz CT molecular complexity index is 897. The summed E-state index contributed by atoms with van der Waals surface area (Å²) in [6.45, 7) is 20.5. The molecule has 0 saturated heterocycles. The number of carboxylic acids is 1. The lowest BCUT2D eigenvalue weighted by molar-refractivity contribution is -0.193. The van der Waals surface area contributed by atoms with Gasteiger partial charge in [-0.05, 0) is 120 Å². The second-order valence-electron chi connectivity index (χ2n) is 16.0. The van der Waals surface area contributed by atoms with Crippen molar-refractivity contribution in [1.82, 2.24) is 0 Å². The number of carbonyl (C=O) groups is 1. The van der Waals surface area contributed by atoms with Crippen LogP contribution in [0.25, 0.3) is 0 Å². The van der Waals surface area contributed by atoms with Gasteiger partial charge < -0.3 is 5.11 Å². The Morgan fingerprint density at radius 3 is 2.24 bits per heavy atom. The molecule has 5 aliphatic rings. The van der Waals surface area contributed by atoms with E-state index in [1.54, 1.807) is 0 Å². The lowest BCUT2D eigenvalue weighted by Crippen LogP contribution is -2.63. The highest BCUT2D eigenvalue weighted by Crippen LogP contribution is 2.76. The second kappa shape index (κ2) is 7.38. The van der Waals surface area contributed by atoms with Gasteiger partial charge in [-0.3, -0.25) is 4.79 Å². The minimum Gasteiger partial charge on any atom is -0.481 e. The Kier molecular flexibility index (Phi) is 5.40. The molecular weight excluding hydrogens is 416 g/mol. The van der Waals surface area contributed by atoms with Gasteiger partial charge in [0.1, 0.15) is 0 Å². The highest BCUT2D eigenvalue weighted by atomic mass is 16.4. The van der Waals surface area contributed by atoms with Gasteiger partial charge >= 0.3 is 5.97 Å². The third-order valence-electron chi connectivity index (χ3n) is 13.7. The molecule has 0 aromatic rings. The highest BCUT2D eigenvalue weighted by molar-refractivity contribution is 5.67. The molecule has 0 bridgehead atoms. The Labute approximate surface area is 209 Å². The quantitative estimate of drug-likeness (QED) is 0.411. The Morgan fingerprint density at radius 1 is 0.882 bits per heavy atom. The van der Waals surface area contributed by atoms with Crippen molar-refractivity contribution in [2.24, 2.45) is 56.2 Å². The van der Waals surface area contributed by atoms with Crippen molar-refractivity contribution in [3.8, 4) is 0 Å². The largest absolute Gasteiger partial charge is 0.481 e. The summed E-state index contributed by atoms with van der Waals surface area (Å²) < 4.78 is 0. The monoisotopic (exact) mass is 468 g/mol. The fourth-order valence-corrected chi connectivity index (χ4v) is 11.2. The topological polar surface area (TPSA) is 37.3 Å². The van der Waals surface area contributed by atoms with Crippen molar-refractivity contribution in [3.63, 3.8) is 0 Å². The van der Waals surface area contributed by atoms with Crippen LogP contribution in [-0.4, -0.2) is 11.1 Å². The molecule has 192 valence electrons. The Balaban J connectivity index is 1.53. The van der Waals surface area contributed by atoms with E-state index in [0.717, 1.165) is 18.3 Å². The first-order valence-corrected chi connectivity index (χ1v) is 14.5. The van der Waals surface area contributed by atoms with E-state index in [-0.39, 0.29) is 5.41 Å². The average Bonchev–Trinajstić information content (AvgIpc) is 2.72. The van der Waals surface area contributed by atoms with Crippen LogP contribution in [0.1, 0.15) is 126 Å². The zero-order chi connectivity index (χ0) is 24.9. The predicted octanol–water partition coefficient (Wildman–Crippen LogP) is 8.90. The van der Waals surface area contributed by atoms with E-state index in [4.69, 9.17) is 0 Å². The number of aliphatic carboxylic acids is 1. The molecule has 0 unspecified atom stereocenters. The molecule has 2 nitrogen and oxygen atoms in total. The first-order chi connectivity index (χ1) is 15.6. The van der Waals surface area contributed by atoms with Gasteiger partial charge in [-0.25, -0.2) is 0 Å². The molecule has 8 atom stereocenters. The molecular formula is C32H52O2. The van der Waals surface area contributed by atoms with Crippen LogP contribution in [0.4, 0.5) is 0 Å². The molecule has 2 heteroatoms. The number of fused-ring (bicyclic) bond motifs is 7. The summed E-state index contributed by atoms with van der Waals surface area (Å²) in [7, 11) is 0. The zero-order valence-corrected chi connectivity index (χ0v) is 23.5. The lowest BCUT2D eigenvalue weighted by Gasteiger charge is -2.71. The summed E-state index contributed by atoms with van der Waals surface area (Å²) in [5, 5.41) is 9.59. The predicted molar refractivity (Wildman–Crippen MR) is 140 cm³/mol. The first kappa shape index (κ1) is 24.9. The third-order valence-corrected chi connectivity index (χ3v) is 13.7. The first-order valence-electron chi connectivity index (χ1n) is 14.5. The van der Waals surface area contributed by atoms with Crippen molar-refractivity contribution in [2.75, 3.05) is 0 Å². The Hall–Kier alpha value is -0.790. The van der Waals surface area contributed by atoms with Crippen LogP contribution in [0.3, 0.4) is 0 Å². The second-order valence-corrected chi connectivity index (χ2v) is 16.0. The SMILES string of the molecule is CC1(C)CC[C@]2(C)CC[C@]3(C)C(=CC[C@@H]4[C@@]5(C)CC[C@H](CC(=O)O)C(C)(C)[C@@H]5CC[C@]43C)[C@@H]2C1. The molecule has 4 saturated carbocycles. The van der Waals surface area contributed by atoms with Crippen molar-refractivity contribution in [2.45, 2.75) is 126 Å². The third kappa shape index (κ3) is 3.21. The standard InChI is InChI=1S/C32H52O2/c1-27(2)15-16-29(5)17-18-31(7)22(23(29)20-27)9-10-25-30(6)13-11-21(19-26(33)34)28(3,4)24(30)12-14-32(25,31)8/h9,21,23-25H,10-20H2,1-8H3,(H,33,34)/t21-,23+,24+,25-,29-,30+,31-,32-/m1/s1. The van der Waals surface area contributed by atoms with E-state index >= 15 is 0 Å². The van der Waals surface area contributed by atoms with E-state index in [1.165, 1.54) is 57.8 Å². The molecule has 0 amide bonds. The molecule has 0 aromatic heterocycles. The minimum atomic E-state index is -0.610. The maximum atomic E-state index is 11.7. The van der Waals surface area contributed by atoms with Crippen molar-refractivity contribution in [1.29, 1.82) is 0 Å². The highest BCUT2D eigenvalue weighted by Gasteiger charge is 2.67. The minimum absolute atomic E-state index is 0.107. The molecule has 0 radical (unpaired) electrons. The molecule has 0 aliphatic heterocycles. The summed E-state index contributed by atoms with van der Waals surface area (Å²) in [5.41, 5.74) is 3.94. The van der Waals surface area contributed by atoms with Crippen LogP contribution in [0.5, 0.6) is 0 Å². The number of rotatable bonds is 2. The molecule has 0 spiro atoms. The molecule has 5 rings (SSSR count). The van der Waals surface area contributed by atoms with Crippen LogP contribution in [-0.2, 0) is 4.79 Å². The fraction of sp³-hybridized carbons (Fsp3) is 0.906. The molecule has 4 fully saturated rings. The smallest absolute Gasteiger partial charge is 0.303 e. The maximum Gasteiger partial charge on any atom is 0.303 e. The summed E-state index contributed by atoms with van der Waals surface area (Å²) in [6.07, 6.45) is 16.2. The van der Waals surface area contributed by atoms with Gasteiger partial charge in [-0.1, -0.05) is 67.0 Å². The number of allylic oxidation sites excluding steroid dienone is 2. The van der Waals surface area contributed by atoms with Gasteiger partial charge in [0.2, 0.25) is 0 Å². The van der Waals surface area contributed by atoms with Crippen molar-refractivity contribution < 1.29 is 9.90 Å². The van der Waals surface area contributed by atoms with Crippen molar-refractivity contribution in [3.05, 3.63) is 11.6 Å². The number of hydrogen-bond acceptors (Lipinski definition) is 1. The van der Waals surface area contributed by atoms with Crippen LogP contribution in [0.15, 0.2) is 11.6 Å². The Morgan fingerprint density at radius 2 is 1.56 bits per heavy atom. The van der Waals surface area contributed by atoms with Gasteiger partial charge in [-0.15, -0.1) is 0 Å². The van der Waals surface area contributed by atoms with E-state index in [9.17, 15) is 9.90 Å². The molecule has 5 aliphatic carbocycles. The number of hydrogen-bond donors (Lipinski definition) is 1. The van der Waals surface area contributed by atoms with E-state index in [0.29, 0.717) is 45.3 Å². The van der Waals surface area contributed by atoms with Crippen LogP contribution in [0.2, 0.25) is 0 Å². The molecule has 34 heavy (non-hydrogen) atoms. The van der Waals surface area contributed by atoms with Gasteiger partial charge in [0.25, 0.3) is 0 Å². The van der Waals surface area contributed by atoms with E-state index < -0.39 is 5.97 Å². The van der Waals surface area contributed by atoms with E-state index in [1.807, 2.05) is 5.57 Å². The van der Waals surface area contributed by atoms with Crippen LogP contribution < -0.4 is 0 Å². The van der Waals surface area contributed by atoms with Gasteiger partial charge in [0.15, 0.2) is 0 Å². The summed E-state index contributed by atoms with van der Waals surface area (Å²) >= 11 is 0. The summed E-state index contributed by atoms with van der Waals surface area (Å²) in [6, 6.07) is 0. The van der Waals surface area contributed by atoms with Crippen molar-refractivity contribution >= 4 is 5.97 Å². The van der Waals surface area contributed by atoms with Gasteiger partial charge in [0.05, 0.1) is 0 Å². The van der Waals surface area contributed by atoms with E-state index in [2.05, 4.69) is 61.5 Å². The van der Waals surface area contributed by atoms with Gasteiger partial charge in [0, 0.05) is 6.42 Å². The maximum absolute atomic E-state index is 11.7. The van der Waals surface area contributed by atoms with Crippen LogP contribution in [0, 0.1) is 56.2 Å². The average molecular weight is 469 g/mol. The summed E-state index contributed by atoms with van der Waals surface area (Å²) in [5.74, 6) is 1.83. The van der Waals surface area contributed by atoms with Gasteiger partial charge in [-0.2, -0.15) is 0 Å². The van der Waals surface area contributed by atoms with Crippen LogP contribution >= 0.6 is 0 Å². The molecule has 0 heterocycles. The zero-order valence-electron chi connectivity index (χ0n) is 23.5. The number of carboxylic acid groups (broad SMARTS) is 1. The molecule has 1 N–H and O–H groups in total. The normalized spacial score (nSPS) is 51.2. The summed E-state index contributed by atoms with van der Waals surface area (Å²) in [4.78, 5) is 11.7.